The molecule has 2 amide bonds. The highest BCUT2D eigenvalue weighted by Crippen LogP contribution is 2.34. The molecule has 0 aliphatic rings. The van der Waals surface area contributed by atoms with Gasteiger partial charge in [-0.15, -0.1) is 11.3 Å². The van der Waals surface area contributed by atoms with Crippen LogP contribution in [0.1, 0.15) is 28.4 Å². The van der Waals surface area contributed by atoms with Gasteiger partial charge in [-0.2, -0.15) is 0 Å². The molecule has 4 rings (SSSR count). The van der Waals surface area contributed by atoms with E-state index in [2.05, 4.69) is 10.6 Å². The number of benzene rings is 2. The molecule has 0 radical (unpaired) electrons. The molecule has 0 unspecified atom stereocenters. The second kappa shape index (κ2) is 7.66. The van der Waals surface area contributed by atoms with Crippen LogP contribution in [0.5, 0.6) is 0 Å². The smallest absolute Gasteiger partial charge is 0.263 e. The summed E-state index contributed by atoms with van der Waals surface area (Å²) in [6, 6.07) is 16.8. The number of fused-ring (bicyclic) bond motifs is 2. The number of halogens is 1. The number of carbonyl (C=O) groups excluding carboxylic acids is 2. The average Bonchev–Trinajstić information content (AvgIpc) is 3.28. The number of nitrogens with one attached hydrogen (secondary N) is 2. The van der Waals surface area contributed by atoms with Crippen LogP contribution in [0.2, 0.25) is 5.02 Å². The van der Waals surface area contributed by atoms with Crippen LogP contribution in [0.15, 0.2) is 59.0 Å². The Morgan fingerprint density at radius 2 is 1.89 bits per heavy atom. The number of rotatable bonds is 5. The van der Waals surface area contributed by atoms with Crippen molar-refractivity contribution in [1.82, 2.24) is 10.6 Å². The number of amides is 2. The van der Waals surface area contributed by atoms with E-state index in [0.717, 1.165) is 21.1 Å². The molecular formula is C21H17ClN2O3S. The van der Waals surface area contributed by atoms with Crippen LogP contribution < -0.4 is 10.6 Å². The van der Waals surface area contributed by atoms with E-state index in [9.17, 15) is 9.59 Å². The van der Waals surface area contributed by atoms with Crippen LogP contribution >= 0.6 is 22.9 Å². The van der Waals surface area contributed by atoms with Crippen molar-refractivity contribution in [2.45, 2.75) is 13.0 Å². The molecule has 0 saturated carbocycles. The number of carbonyl (C=O) groups is 2. The van der Waals surface area contributed by atoms with Gasteiger partial charge in [-0.1, -0.05) is 48.0 Å². The van der Waals surface area contributed by atoms with Gasteiger partial charge in [0.05, 0.1) is 17.6 Å². The van der Waals surface area contributed by atoms with Crippen LogP contribution in [0.25, 0.3) is 21.1 Å². The molecule has 28 heavy (non-hydrogen) atoms. The van der Waals surface area contributed by atoms with Crippen LogP contribution in [0.4, 0.5) is 0 Å². The highest BCUT2D eigenvalue weighted by molar-refractivity contribution is 7.21. The normalized spacial score (nSPS) is 12.2. The van der Waals surface area contributed by atoms with Crippen LogP contribution in [0.3, 0.4) is 0 Å². The first kappa shape index (κ1) is 18.5. The number of thiophene rings is 1. The van der Waals surface area contributed by atoms with Gasteiger partial charge in [0.25, 0.3) is 5.91 Å². The van der Waals surface area contributed by atoms with Crippen molar-refractivity contribution < 1.29 is 14.0 Å². The minimum absolute atomic E-state index is 0.145. The van der Waals surface area contributed by atoms with Gasteiger partial charge < -0.3 is 15.1 Å². The van der Waals surface area contributed by atoms with E-state index in [1.807, 2.05) is 61.5 Å². The lowest BCUT2D eigenvalue weighted by Gasteiger charge is -2.11. The molecule has 0 spiro atoms. The molecular weight excluding hydrogens is 396 g/mol. The fourth-order valence-corrected chi connectivity index (χ4v) is 4.41. The van der Waals surface area contributed by atoms with Gasteiger partial charge in [0, 0.05) is 15.5 Å². The largest absolute Gasteiger partial charge is 0.459 e. The van der Waals surface area contributed by atoms with Gasteiger partial charge in [0.1, 0.15) is 16.2 Å². The summed E-state index contributed by atoms with van der Waals surface area (Å²) in [6.07, 6.45) is 0. The zero-order valence-electron chi connectivity index (χ0n) is 15.0. The summed E-state index contributed by atoms with van der Waals surface area (Å²) in [5.41, 5.74) is 0.770. The summed E-state index contributed by atoms with van der Waals surface area (Å²) in [6.45, 7) is 1.69. The lowest BCUT2D eigenvalue weighted by molar-refractivity contribution is -0.120. The number of hydrogen-bond donors (Lipinski definition) is 2. The Bertz CT molecular complexity index is 1150. The first-order valence-corrected chi connectivity index (χ1v) is 9.95. The van der Waals surface area contributed by atoms with E-state index in [4.69, 9.17) is 16.0 Å². The van der Waals surface area contributed by atoms with Gasteiger partial charge in [0.2, 0.25) is 5.91 Å². The Hall–Kier alpha value is -2.83. The van der Waals surface area contributed by atoms with Gasteiger partial charge in [-0.05, 0) is 25.1 Å². The summed E-state index contributed by atoms with van der Waals surface area (Å²) < 4.78 is 6.69. The monoisotopic (exact) mass is 412 g/mol. The van der Waals surface area contributed by atoms with Crippen molar-refractivity contribution in [2.24, 2.45) is 0 Å². The zero-order valence-corrected chi connectivity index (χ0v) is 16.6. The summed E-state index contributed by atoms with van der Waals surface area (Å²) >= 11 is 7.61. The molecule has 2 N–H and O–H groups in total. The number of para-hydroxylation sites is 1. The van der Waals surface area contributed by atoms with Crippen LogP contribution in [-0.2, 0) is 4.79 Å². The van der Waals surface area contributed by atoms with E-state index in [-0.39, 0.29) is 24.4 Å². The summed E-state index contributed by atoms with van der Waals surface area (Å²) in [5, 5.41) is 7.68. The first-order chi connectivity index (χ1) is 13.5. The second-order valence-corrected chi connectivity index (χ2v) is 7.83. The predicted octanol–water partition coefficient (Wildman–Crippen LogP) is 4.91. The second-order valence-electron chi connectivity index (χ2n) is 6.40. The molecule has 0 saturated heterocycles. The lowest BCUT2D eigenvalue weighted by Crippen LogP contribution is -2.37. The molecule has 0 bridgehead atoms. The Labute approximate surface area is 170 Å². The summed E-state index contributed by atoms with van der Waals surface area (Å²) in [5.74, 6) is -0.00953. The Balaban J connectivity index is 1.38. The molecule has 0 aliphatic heterocycles. The fraction of sp³-hybridized carbons (Fsp3) is 0.143. The fourth-order valence-electron chi connectivity index (χ4n) is 2.98. The molecule has 1 atom stereocenters. The van der Waals surface area contributed by atoms with Crippen LogP contribution in [0, 0.1) is 0 Å². The van der Waals surface area contributed by atoms with Gasteiger partial charge >= 0.3 is 0 Å². The lowest BCUT2D eigenvalue weighted by atomic mass is 10.2. The third kappa shape index (κ3) is 3.61. The summed E-state index contributed by atoms with van der Waals surface area (Å²) in [7, 11) is 0. The maximum atomic E-state index is 12.4. The van der Waals surface area contributed by atoms with Crippen molar-refractivity contribution in [3.63, 3.8) is 0 Å². The molecule has 4 aromatic rings. The molecule has 0 fully saturated rings. The third-order valence-corrected chi connectivity index (χ3v) is 6.07. The molecule has 0 aliphatic carbocycles. The van der Waals surface area contributed by atoms with Crippen molar-refractivity contribution in [3.8, 4) is 0 Å². The van der Waals surface area contributed by atoms with E-state index in [1.54, 1.807) is 0 Å². The van der Waals surface area contributed by atoms with Crippen molar-refractivity contribution in [3.05, 3.63) is 70.3 Å². The standard InChI is InChI=1S/C21H17ClN2O3S/c1-12(16-10-13-6-2-4-8-15(13)27-16)24-18(25)11-23-21(26)20-19(22)14-7-3-5-9-17(14)28-20/h2-10,12H,11H2,1H3,(H,23,26)(H,24,25)/t12-/m0/s1. The average molecular weight is 413 g/mol. The Kier molecular flexibility index (Phi) is 5.07. The van der Waals surface area contributed by atoms with E-state index in [1.165, 1.54) is 11.3 Å². The van der Waals surface area contributed by atoms with E-state index in [0.29, 0.717) is 15.7 Å². The van der Waals surface area contributed by atoms with Crippen molar-refractivity contribution >= 4 is 55.8 Å². The van der Waals surface area contributed by atoms with Gasteiger partial charge in [-0.25, -0.2) is 0 Å². The van der Waals surface area contributed by atoms with E-state index >= 15 is 0 Å². The Morgan fingerprint density at radius 1 is 1.14 bits per heavy atom. The SMILES string of the molecule is C[C@H](NC(=O)CNC(=O)c1sc2ccccc2c1Cl)c1cc2ccccc2o1. The Morgan fingerprint density at radius 3 is 2.68 bits per heavy atom. The molecule has 7 heteroatoms. The number of hydrogen-bond acceptors (Lipinski definition) is 4. The minimum atomic E-state index is -0.363. The van der Waals surface area contributed by atoms with Crippen molar-refractivity contribution in [2.75, 3.05) is 6.54 Å². The summed E-state index contributed by atoms with van der Waals surface area (Å²) in [4.78, 5) is 25.1. The highest BCUT2D eigenvalue weighted by atomic mass is 35.5. The minimum Gasteiger partial charge on any atom is -0.459 e. The molecule has 2 aromatic heterocycles. The van der Waals surface area contributed by atoms with E-state index < -0.39 is 0 Å². The molecule has 142 valence electrons. The topological polar surface area (TPSA) is 71.3 Å². The van der Waals surface area contributed by atoms with Gasteiger partial charge in [0.15, 0.2) is 0 Å². The predicted molar refractivity (Wildman–Crippen MR) is 112 cm³/mol. The maximum absolute atomic E-state index is 12.4. The quantitative estimate of drug-likeness (QED) is 0.489. The van der Waals surface area contributed by atoms with Gasteiger partial charge in [-0.3, -0.25) is 9.59 Å². The zero-order chi connectivity index (χ0) is 19.7. The van der Waals surface area contributed by atoms with Crippen LogP contribution in [-0.4, -0.2) is 18.4 Å². The molecule has 5 nitrogen and oxygen atoms in total. The maximum Gasteiger partial charge on any atom is 0.263 e. The number of furan rings is 1. The highest BCUT2D eigenvalue weighted by Gasteiger charge is 2.19. The first-order valence-electron chi connectivity index (χ1n) is 8.76. The molecule has 2 aromatic carbocycles. The third-order valence-electron chi connectivity index (χ3n) is 4.40. The van der Waals surface area contributed by atoms with Crippen molar-refractivity contribution in [1.29, 1.82) is 0 Å². The molecule has 2 heterocycles.